The van der Waals surface area contributed by atoms with Gasteiger partial charge in [0.15, 0.2) is 0 Å². The van der Waals surface area contributed by atoms with Gasteiger partial charge in [0, 0.05) is 12.6 Å². The first-order valence-corrected chi connectivity index (χ1v) is 9.69. The number of aryl methyl sites for hydroxylation is 1. The Morgan fingerprint density at radius 2 is 2.17 bits per heavy atom. The number of benzene rings is 1. The van der Waals surface area contributed by atoms with Crippen LogP contribution in [0.1, 0.15) is 32.1 Å². The second kappa shape index (κ2) is 8.46. The van der Waals surface area contributed by atoms with E-state index < -0.39 is 0 Å². The van der Waals surface area contributed by atoms with Crippen LogP contribution in [0.25, 0.3) is 10.6 Å². The van der Waals surface area contributed by atoms with E-state index in [0.29, 0.717) is 16.0 Å². The molecule has 1 aromatic heterocycles. The van der Waals surface area contributed by atoms with Gasteiger partial charge in [0.25, 0.3) is 0 Å². The van der Waals surface area contributed by atoms with Crippen LogP contribution in [0.5, 0.6) is 0 Å². The van der Waals surface area contributed by atoms with E-state index >= 15 is 0 Å². The Labute approximate surface area is 153 Å². The number of hydrogen-bond acceptors (Lipinski definition) is 7. The molecule has 1 aliphatic rings. The summed E-state index contributed by atoms with van der Waals surface area (Å²) in [7, 11) is 1.93. The van der Waals surface area contributed by atoms with Gasteiger partial charge in [0.2, 0.25) is 4.80 Å². The molecule has 0 bridgehead atoms. The number of rotatable bonds is 5. The van der Waals surface area contributed by atoms with E-state index in [0.717, 1.165) is 27.4 Å². The van der Waals surface area contributed by atoms with E-state index in [1.165, 1.54) is 32.1 Å². The predicted molar refractivity (Wildman–Crippen MR) is 96.2 cm³/mol. The lowest BCUT2D eigenvalue weighted by atomic mass is 9.96. The maximum Gasteiger partial charge on any atom is 0.203 e. The number of aromatic nitrogens is 2. The first kappa shape index (κ1) is 17.9. The first-order valence-electron chi connectivity index (χ1n) is 7.75. The first-order chi connectivity index (χ1) is 11.7. The fourth-order valence-electron chi connectivity index (χ4n) is 2.70. The molecule has 6 nitrogen and oxygen atoms in total. The lowest BCUT2D eigenvalue weighted by Crippen LogP contribution is -2.18. The summed E-state index contributed by atoms with van der Waals surface area (Å²) >= 11 is 8.69. The summed E-state index contributed by atoms with van der Waals surface area (Å²) in [6.45, 7) is 0. The minimum Gasteiger partial charge on any atom is -0.254 e. The number of halogens is 1. The van der Waals surface area contributed by atoms with Gasteiger partial charge in [-0.1, -0.05) is 48.3 Å². The van der Waals surface area contributed by atoms with Crippen molar-refractivity contribution >= 4 is 35.0 Å². The fraction of sp³-hybridized carbons (Fsp3) is 0.467. The molecule has 1 fully saturated rings. The van der Waals surface area contributed by atoms with Crippen LogP contribution in [0.3, 0.4) is 0 Å². The van der Waals surface area contributed by atoms with Crippen molar-refractivity contribution in [2.24, 2.45) is 17.9 Å². The Balaban J connectivity index is 1.87. The molecular formula is C15H19ClN4O2S2. The van der Waals surface area contributed by atoms with Crippen molar-refractivity contribution in [3.63, 3.8) is 0 Å². The van der Waals surface area contributed by atoms with Crippen LogP contribution in [0.2, 0.25) is 5.02 Å². The van der Waals surface area contributed by atoms with Crippen molar-refractivity contribution < 1.29 is 9.32 Å². The highest BCUT2D eigenvalue weighted by atomic mass is 35.5. The highest BCUT2D eigenvalue weighted by Gasteiger charge is 2.14. The van der Waals surface area contributed by atoms with Gasteiger partial charge in [0.1, 0.15) is 5.01 Å². The Bertz CT molecular complexity index is 756. The third-order valence-electron chi connectivity index (χ3n) is 3.91. The maximum absolute atomic E-state index is 6.15. The van der Waals surface area contributed by atoms with E-state index in [1.807, 2.05) is 23.9 Å². The van der Waals surface area contributed by atoms with Crippen LogP contribution in [0.15, 0.2) is 28.1 Å². The standard InChI is InChI=1S/C15H19ClN4O2S2/c1-20-15(18-11-5-3-2-4-6-11)23-14(19-20)10-7-8-12(16)13(9-10)24-22-21-17/h7-9,11H,2-6,17H2,1H3. The molecule has 0 radical (unpaired) electrons. The van der Waals surface area contributed by atoms with E-state index in [2.05, 4.69) is 14.4 Å². The van der Waals surface area contributed by atoms with Crippen molar-refractivity contribution in [2.75, 3.05) is 0 Å². The highest BCUT2D eigenvalue weighted by Crippen LogP contribution is 2.32. The lowest BCUT2D eigenvalue weighted by Gasteiger charge is -2.16. The molecule has 130 valence electrons. The van der Waals surface area contributed by atoms with Crippen molar-refractivity contribution in [3.8, 4) is 10.6 Å². The van der Waals surface area contributed by atoms with E-state index in [9.17, 15) is 0 Å². The second-order valence-corrected chi connectivity index (χ2v) is 7.73. The quantitative estimate of drug-likeness (QED) is 0.479. The van der Waals surface area contributed by atoms with Gasteiger partial charge in [-0.3, -0.25) is 4.99 Å². The van der Waals surface area contributed by atoms with Crippen molar-refractivity contribution in [3.05, 3.63) is 28.0 Å². The third kappa shape index (κ3) is 4.38. The molecule has 1 aromatic carbocycles. The van der Waals surface area contributed by atoms with Gasteiger partial charge in [0.05, 0.1) is 28.0 Å². The molecule has 0 atom stereocenters. The van der Waals surface area contributed by atoms with Gasteiger partial charge in [-0.2, -0.15) is 11.0 Å². The topological polar surface area (TPSA) is 74.7 Å². The van der Waals surface area contributed by atoms with Crippen LogP contribution in [-0.4, -0.2) is 15.8 Å². The van der Waals surface area contributed by atoms with Crippen LogP contribution >= 0.6 is 35.0 Å². The van der Waals surface area contributed by atoms with Crippen LogP contribution in [-0.2, 0) is 16.4 Å². The normalized spacial score (nSPS) is 16.7. The Morgan fingerprint density at radius 3 is 2.92 bits per heavy atom. The predicted octanol–water partition coefficient (Wildman–Crippen LogP) is 3.86. The Morgan fingerprint density at radius 1 is 1.38 bits per heavy atom. The van der Waals surface area contributed by atoms with Crippen LogP contribution in [0.4, 0.5) is 0 Å². The van der Waals surface area contributed by atoms with Gasteiger partial charge in [-0.05, 0) is 25.0 Å². The number of hydrogen-bond donors (Lipinski definition) is 1. The second-order valence-electron chi connectivity index (χ2n) is 5.63. The summed E-state index contributed by atoms with van der Waals surface area (Å²) in [6, 6.07) is 6.05. The lowest BCUT2D eigenvalue weighted by molar-refractivity contribution is -0.195. The average molecular weight is 387 g/mol. The smallest absolute Gasteiger partial charge is 0.203 e. The zero-order chi connectivity index (χ0) is 16.9. The largest absolute Gasteiger partial charge is 0.254 e. The highest BCUT2D eigenvalue weighted by molar-refractivity contribution is 7.94. The summed E-state index contributed by atoms with van der Waals surface area (Å²) in [5.41, 5.74) is 0.952. The number of nitrogens with two attached hydrogens (primary N) is 1. The summed E-state index contributed by atoms with van der Waals surface area (Å²) in [5, 5.41) is 6.04. The molecule has 3 rings (SSSR count). The average Bonchev–Trinajstić information content (AvgIpc) is 2.96. The molecule has 0 unspecified atom stereocenters. The van der Waals surface area contributed by atoms with Crippen molar-refractivity contribution in [2.45, 2.75) is 43.0 Å². The molecule has 0 saturated heterocycles. The summed E-state index contributed by atoms with van der Waals surface area (Å²) in [6.07, 6.45) is 6.21. The van der Waals surface area contributed by atoms with Gasteiger partial charge in [-0.25, -0.2) is 4.68 Å². The summed E-state index contributed by atoms with van der Waals surface area (Å²) < 4.78 is 6.53. The molecule has 2 N–H and O–H groups in total. The molecule has 9 heteroatoms. The van der Waals surface area contributed by atoms with Gasteiger partial charge in [-0.15, -0.1) is 9.32 Å². The molecule has 0 amide bonds. The molecule has 1 heterocycles. The zero-order valence-electron chi connectivity index (χ0n) is 13.3. The van der Waals surface area contributed by atoms with Crippen LogP contribution < -0.4 is 10.7 Å². The maximum atomic E-state index is 6.15. The van der Waals surface area contributed by atoms with E-state index in [-0.39, 0.29) is 0 Å². The fourth-order valence-corrected chi connectivity index (χ4v) is 4.30. The van der Waals surface area contributed by atoms with Gasteiger partial charge < -0.3 is 0 Å². The minimum atomic E-state index is 0.421. The molecule has 1 aliphatic carbocycles. The molecule has 24 heavy (non-hydrogen) atoms. The summed E-state index contributed by atoms with van der Waals surface area (Å²) in [5.74, 6) is 4.88. The third-order valence-corrected chi connectivity index (χ3v) is 6.08. The van der Waals surface area contributed by atoms with Gasteiger partial charge >= 0.3 is 0 Å². The van der Waals surface area contributed by atoms with E-state index in [1.54, 1.807) is 17.4 Å². The van der Waals surface area contributed by atoms with Crippen molar-refractivity contribution in [1.82, 2.24) is 9.78 Å². The van der Waals surface area contributed by atoms with Crippen LogP contribution in [0, 0.1) is 0 Å². The monoisotopic (exact) mass is 386 g/mol. The number of nitrogens with zero attached hydrogens (tertiary/aromatic N) is 3. The molecule has 2 aromatic rings. The molecule has 0 spiro atoms. The minimum absolute atomic E-state index is 0.421. The Hall–Kier alpha value is -0.900. The Kier molecular flexibility index (Phi) is 6.31. The SMILES string of the molecule is Cn1nc(-c2ccc(Cl)c(SOON)c2)sc1=NC1CCCCC1. The zero-order valence-corrected chi connectivity index (χ0v) is 15.7. The summed E-state index contributed by atoms with van der Waals surface area (Å²) in [4.78, 5) is 10.7. The van der Waals surface area contributed by atoms with Crippen molar-refractivity contribution in [1.29, 1.82) is 0 Å². The molecule has 1 saturated carbocycles. The molecule has 0 aliphatic heterocycles. The van der Waals surface area contributed by atoms with E-state index in [4.69, 9.17) is 22.5 Å². The molecular weight excluding hydrogens is 368 g/mol.